The van der Waals surface area contributed by atoms with E-state index in [9.17, 15) is 5.11 Å². The molecule has 1 atom stereocenters. The summed E-state index contributed by atoms with van der Waals surface area (Å²) in [6.45, 7) is 1.11. The Morgan fingerprint density at radius 3 is 2.65 bits per heavy atom. The van der Waals surface area contributed by atoms with Crippen LogP contribution in [0.3, 0.4) is 0 Å². The average Bonchev–Trinajstić information content (AvgIpc) is 2.33. The van der Waals surface area contributed by atoms with Crippen molar-refractivity contribution in [3.63, 3.8) is 0 Å². The SMILES string of the molecule is OC1CCC(NCC2Cc3ccccc32)CC1. The highest BCUT2D eigenvalue weighted by atomic mass is 16.3. The third kappa shape index (κ3) is 2.38. The number of hydrogen-bond acceptors (Lipinski definition) is 2. The van der Waals surface area contributed by atoms with E-state index in [1.807, 2.05) is 0 Å². The van der Waals surface area contributed by atoms with Crippen LogP contribution in [0.2, 0.25) is 0 Å². The van der Waals surface area contributed by atoms with Crippen molar-refractivity contribution >= 4 is 0 Å². The first kappa shape index (κ1) is 11.2. The second-order valence-electron chi connectivity index (χ2n) is 5.51. The quantitative estimate of drug-likeness (QED) is 0.836. The summed E-state index contributed by atoms with van der Waals surface area (Å²) in [6, 6.07) is 9.40. The van der Waals surface area contributed by atoms with Gasteiger partial charge in [0.1, 0.15) is 0 Å². The van der Waals surface area contributed by atoms with Crippen LogP contribution in [-0.4, -0.2) is 23.8 Å². The average molecular weight is 231 g/mol. The molecular formula is C15H21NO. The summed E-state index contributed by atoms with van der Waals surface area (Å²) in [5.74, 6) is 0.720. The molecule has 1 aromatic rings. The van der Waals surface area contributed by atoms with E-state index in [4.69, 9.17) is 0 Å². The van der Waals surface area contributed by atoms with Crippen LogP contribution in [0.1, 0.15) is 42.7 Å². The van der Waals surface area contributed by atoms with Gasteiger partial charge in [0.15, 0.2) is 0 Å². The van der Waals surface area contributed by atoms with Crippen LogP contribution < -0.4 is 5.32 Å². The Kier molecular flexibility index (Phi) is 3.17. The minimum absolute atomic E-state index is 0.0440. The monoisotopic (exact) mass is 231 g/mol. The molecule has 2 nitrogen and oxygen atoms in total. The number of fused-ring (bicyclic) bond motifs is 1. The second-order valence-corrected chi connectivity index (χ2v) is 5.51. The second kappa shape index (κ2) is 4.79. The maximum absolute atomic E-state index is 9.46. The van der Waals surface area contributed by atoms with Gasteiger partial charge in [0.25, 0.3) is 0 Å². The third-order valence-electron chi connectivity index (χ3n) is 4.31. The van der Waals surface area contributed by atoms with Crippen LogP contribution in [0.5, 0.6) is 0 Å². The Balaban J connectivity index is 1.47. The first-order chi connectivity index (χ1) is 8.33. The zero-order valence-corrected chi connectivity index (χ0v) is 10.2. The van der Waals surface area contributed by atoms with E-state index < -0.39 is 0 Å². The van der Waals surface area contributed by atoms with Gasteiger partial charge in [-0.05, 0) is 43.2 Å². The smallest absolute Gasteiger partial charge is 0.0541 e. The molecule has 0 aromatic heterocycles. The molecule has 1 unspecified atom stereocenters. The van der Waals surface area contributed by atoms with Crippen LogP contribution in [-0.2, 0) is 6.42 Å². The maximum atomic E-state index is 9.46. The predicted molar refractivity (Wildman–Crippen MR) is 69.2 cm³/mol. The molecule has 92 valence electrons. The van der Waals surface area contributed by atoms with Gasteiger partial charge in [-0.1, -0.05) is 24.3 Å². The van der Waals surface area contributed by atoms with E-state index in [1.165, 1.54) is 17.5 Å². The van der Waals surface area contributed by atoms with Gasteiger partial charge in [-0.2, -0.15) is 0 Å². The first-order valence-electron chi connectivity index (χ1n) is 6.82. The zero-order chi connectivity index (χ0) is 11.7. The highest BCUT2D eigenvalue weighted by molar-refractivity contribution is 5.40. The lowest BCUT2D eigenvalue weighted by molar-refractivity contribution is 0.116. The third-order valence-corrected chi connectivity index (χ3v) is 4.31. The molecule has 2 aliphatic carbocycles. The summed E-state index contributed by atoms with van der Waals surface area (Å²) < 4.78 is 0. The van der Waals surface area contributed by atoms with Crippen molar-refractivity contribution in [3.8, 4) is 0 Å². The number of rotatable bonds is 3. The molecule has 0 heterocycles. The predicted octanol–water partition coefficient (Wildman–Crippen LogP) is 2.22. The number of aliphatic hydroxyl groups is 1. The maximum Gasteiger partial charge on any atom is 0.0541 e. The molecule has 0 spiro atoms. The lowest BCUT2D eigenvalue weighted by Crippen LogP contribution is -2.39. The fourth-order valence-corrected chi connectivity index (χ4v) is 3.13. The molecule has 0 radical (unpaired) electrons. The van der Waals surface area contributed by atoms with Gasteiger partial charge in [-0.15, -0.1) is 0 Å². The number of aliphatic hydroxyl groups excluding tert-OH is 1. The fraction of sp³-hybridized carbons (Fsp3) is 0.600. The van der Waals surface area contributed by atoms with Gasteiger partial charge in [-0.3, -0.25) is 0 Å². The van der Waals surface area contributed by atoms with Crippen LogP contribution in [0, 0.1) is 0 Å². The highest BCUT2D eigenvalue weighted by Crippen LogP contribution is 2.34. The minimum atomic E-state index is -0.0440. The normalized spacial score (nSPS) is 31.7. The Bertz CT molecular complexity index is 382. The van der Waals surface area contributed by atoms with Crippen LogP contribution in [0.4, 0.5) is 0 Å². The number of benzene rings is 1. The van der Waals surface area contributed by atoms with Gasteiger partial charge >= 0.3 is 0 Å². The lowest BCUT2D eigenvalue weighted by atomic mass is 9.77. The summed E-state index contributed by atoms with van der Waals surface area (Å²) in [4.78, 5) is 0. The van der Waals surface area contributed by atoms with Crippen molar-refractivity contribution in [1.29, 1.82) is 0 Å². The first-order valence-corrected chi connectivity index (χ1v) is 6.82. The van der Waals surface area contributed by atoms with Crippen molar-refractivity contribution in [3.05, 3.63) is 35.4 Å². The van der Waals surface area contributed by atoms with Crippen LogP contribution in [0.25, 0.3) is 0 Å². The fourth-order valence-electron chi connectivity index (χ4n) is 3.13. The molecule has 0 saturated heterocycles. The van der Waals surface area contributed by atoms with E-state index in [2.05, 4.69) is 29.6 Å². The largest absolute Gasteiger partial charge is 0.393 e. The van der Waals surface area contributed by atoms with E-state index in [0.29, 0.717) is 6.04 Å². The number of nitrogens with one attached hydrogen (secondary N) is 1. The zero-order valence-electron chi connectivity index (χ0n) is 10.2. The van der Waals surface area contributed by atoms with E-state index >= 15 is 0 Å². The molecule has 2 heteroatoms. The van der Waals surface area contributed by atoms with Crippen molar-refractivity contribution < 1.29 is 5.11 Å². The van der Waals surface area contributed by atoms with E-state index in [-0.39, 0.29) is 6.10 Å². The van der Waals surface area contributed by atoms with Gasteiger partial charge in [-0.25, -0.2) is 0 Å². The topological polar surface area (TPSA) is 32.3 Å². The van der Waals surface area contributed by atoms with Crippen molar-refractivity contribution in [2.24, 2.45) is 0 Å². The number of hydrogen-bond donors (Lipinski definition) is 2. The standard InChI is InChI=1S/C15H21NO/c17-14-7-5-13(6-8-14)16-10-12-9-11-3-1-2-4-15(11)12/h1-4,12-14,16-17H,5-10H2. The Labute approximate surface area is 103 Å². The van der Waals surface area contributed by atoms with Gasteiger partial charge in [0.2, 0.25) is 0 Å². The highest BCUT2D eigenvalue weighted by Gasteiger charge is 2.26. The molecule has 17 heavy (non-hydrogen) atoms. The molecule has 3 rings (SSSR count). The Morgan fingerprint density at radius 2 is 1.88 bits per heavy atom. The minimum Gasteiger partial charge on any atom is -0.393 e. The Morgan fingerprint density at radius 1 is 1.12 bits per heavy atom. The molecule has 2 aliphatic rings. The molecular weight excluding hydrogens is 210 g/mol. The molecule has 2 N–H and O–H groups in total. The van der Waals surface area contributed by atoms with Crippen molar-refractivity contribution in [2.45, 2.75) is 50.2 Å². The van der Waals surface area contributed by atoms with Gasteiger partial charge in [0, 0.05) is 18.5 Å². The lowest BCUT2D eigenvalue weighted by Gasteiger charge is -2.33. The van der Waals surface area contributed by atoms with Crippen molar-refractivity contribution in [2.75, 3.05) is 6.54 Å². The summed E-state index contributed by atoms with van der Waals surface area (Å²) in [5.41, 5.74) is 3.06. The molecule has 1 saturated carbocycles. The summed E-state index contributed by atoms with van der Waals surface area (Å²) in [6.07, 6.45) is 5.40. The molecule has 0 amide bonds. The van der Waals surface area contributed by atoms with Gasteiger partial charge in [0.05, 0.1) is 6.10 Å². The molecule has 0 aliphatic heterocycles. The van der Waals surface area contributed by atoms with Gasteiger partial charge < -0.3 is 10.4 Å². The van der Waals surface area contributed by atoms with Crippen LogP contribution >= 0.6 is 0 Å². The summed E-state index contributed by atoms with van der Waals surface area (Å²) in [5, 5.41) is 13.1. The molecule has 1 fully saturated rings. The van der Waals surface area contributed by atoms with Crippen LogP contribution in [0.15, 0.2) is 24.3 Å². The van der Waals surface area contributed by atoms with E-state index in [0.717, 1.165) is 38.1 Å². The summed E-state index contributed by atoms with van der Waals surface area (Å²) >= 11 is 0. The Hall–Kier alpha value is -0.860. The van der Waals surface area contributed by atoms with E-state index in [1.54, 1.807) is 0 Å². The van der Waals surface area contributed by atoms with Crippen molar-refractivity contribution in [1.82, 2.24) is 5.32 Å². The molecule has 0 bridgehead atoms. The molecule has 1 aromatic carbocycles. The summed E-state index contributed by atoms with van der Waals surface area (Å²) in [7, 11) is 0.